The first kappa shape index (κ1) is 15.3. The first-order valence-corrected chi connectivity index (χ1v) is 7.42. The van der Waals surface area contributed by atoms with Gasteiger partial charge in [0.2, 0.25) is 5.91 Å². The minimum atomic E-state index is 0.183. The number of carbonyl (C=O) groups is 1. The lowest BCUT2D eigenvalue weighted by Gasteiger charge is -2.34. The molecular weight excluding hydrogens is 276 g/mol. The van der Waals surface area contributed by atoms with Gasteiger partial charge in [-0.15, -0.1) is 0 Å². The van der Waals surface area contributed by atoms with E-state index in [0.717, 1.165) is 38.2 Å². The van der Waals surface area contributed by atoms with E-state index in [1.165, 1.54) is 0 Å². The number of rotatable bonds is 5. The number of piperazine rings is 1. The van der Waals surface area contributed by atoms with E-state index in [0.29, 0.717) is 18.0 Å². The van der Waals surface area contributed by atoms with Gasteiger partial charge in [-0.05, 0) is 24.1 Å². The lowest BCUT2D eigenvalue weighted by Crippen LogP contribution is -2.49. The maximum absolute atomic E-state index is 12.1. The molecule has 1 aliphatic heterocycles. The maximum atomic E-state index is 12.1. The van der Waals surface area contributed by atoms with Crippen molar-refractivity contribution in [1.29, 1.82) is 0 Å². The van der Waals surface area contributed by atoms with Gasteiger partial charge in [0.05, 0.1) is 6.61 Å². The van der Waals surface area contributed by atoms with Crippen LogP contribution >= 0.6 is 11.6 Å². The number of β-amino-alcohol motifs (C(OH)–C–C–N with tert-alkyl or cyclic N) is 1. The summed E-state index contributed by atoms with van der Waals surface area (Å²) in [6, 6.07) is 7.66. The second-order valence-electron chi connectivity index (χ2n) is 5.08. The molecule has 1 amide bonds. The molecule has 0 spiro atoms. The molecule has 0 aromatic heterocycles. The van der Waals surface area contributed by atoms with Crippen LogP contribution in [0, 0.1) is 0 Å². The molecule has 1 N–H and O–H groups in total. The number of benzene rings is 1. The molecule has 0 atom stereocenters. The van der Waals surface area contributed by atoms with Crippen molar-refractivity contribution in [3.05, 3.63) is 34.9 Å². The van der Waals surface area contributed by atoms with E-state index in [-0.39, 0.29) is 12.5 Å². The summed E-state index contributed by atoms with van der Waals surface area (Å²) in [6.45, 7) is 4.10. The van der Waals surface area contributed by atoms with E-state index >= 15 is 0 Å². The number of amides is 1. The van der Waals surface area contributed by atoms with Gasteiger partial charge in [-0.2, -0.15) is 0 Å². The monoisotopic (exact) mass is 296 g/mol. The number of carbonyl (C=O) groups excluding carboxylic acids is 1. The summed E-state index contributed by atoms with van der Waals surface area (Å²) in [7, 11) is 0. The zero-order valence-electron chi connectivity index (χ0n) is 11.6. The van der Waals surface area contributed by atoms with Crippen LogP contribution in [0.4, 0.5) is 0 Å². The topological polar surface area (TPSA) is 43.8 Å². The minimum Gasteiger partial charge on any atom is -0.395 e. The number of hydrogen-bond donors (Lipinski definition) is 1. The Morgan fingerprint density at radius 3 is 2.65 bits per heavy atom. The third-order valence-corrected chi connectivity index (χ3v) is 3.89. The molecule has 5 heteroatoms. The SMILES string of the molecule is O=C(CCc1cccc(Cl)c1)N1CCN(CCO)CC1. The molecule has 20 heavy (non-hydrogen) atoms. The van der Waals surface area contributed by atoms with Crippen molar-refractivity contribution in [2.45, 2.75) is 12.8 Å². The Labute approximate surface area is 124 Å². The molecule has 0 unspecified atom stereocenters. The largest absolute Gasteiger partial charge is 0.395 e. The summed E-state index contributed by atoms with van der Waals surface area (Å²) in [6.07, 6.45) is 1.26. The van der Waals surface area contributed by atoms with Crippen LogP contribution in [0.15, 0.2) is 24.3 Å². The van der Waals surface area contributed by atoms with Gasteiger partial charge >= 0.3 is 0 Å². The molecule has 1 heterocycles. The van der Waals surface area contributed by atoms with Crippen LogP contribution in [0.1, 0.15) is 12.0 Å². The normalized spacial score (nSPS) is 16.4. The molecule has 1 saturated heterocycles. The van der Waals surface area contributed by atoms with Gasteiger partial charge in [-0.25, -0.2) is 0 Å². The maximum Gasteiger partial charge on any atom is 0.222 e. The smallest absolute Gasteiger partial charge is 0.222 e. The van der Waals surface area contributed by atoms with Crippen LogP contribution in [0.5, 0.6) is 0 Å². The fraction of sp³-hybridized carbons (Fsp3) is 0.533. The summed E-state index contributed by atoms with van der Waals surface area (Å²) < 4.78 is 0. The van der Waals surface area contributed by atoms with Gasteiger partial charge in [0, 0.05) is 44.2 Å². The molecule has 1 aliphatic rings. The van der Waals surface area contributed by atoms with Gasteiger partial charge in [0.1, 0.15) is 0 Å². The third-order valence-electron chi connectivity index (χ3n) is 3.66. The first-order valence-electron chi connectivity index (χ1n) is 7.04. The van der Waals surface area contributed by atoms with Crippen LogP contribution in [0.3, 0.4) is 0 Å². The van der Waals surface area contributed by atoms with E-state index < -0.39 is 0 Å². The van der Waals surface area contributed by atoms with Crippen LogP contribution in [-0.4, -0.2) is 60.1 Å². The molecule has 1 aromatic rings. The molecule has 1 aromatic carbocycles. The number of nitrogens with zero attached hydrogens (tertiary/aromatic N) is 2. The highest BCUT2D eigenvalue weighted by Crippen LogP contribution is 2.13. The summed E-state index contributed by atoms with van der Waals surface area (Å²) in [5.74, 6) is 0.202. The Kier molecular flexibility index (Phi) is 5.83. The van der Waals surface area contributed by atoms with Crippen molar-refractivity contribution in [3.8, 4) is 0 Å². The summed E-state index contributed by atoms with van der Waals surface area (Å²) in [5.41, 5.74) is 1.10. The highest BCUT2D eigenvalue weighted by atomic mass is 35.5. The summed E-state index contributed by atoms with van der Waals surface area (Å²) in [4.78, 5) is 16.2. The highest BCUT2D eigenvalue weighted by molar-refractivity contribution is 6.30. The Bertz CT molecular complexity index is 445. The zero-order valence-corrected chi connectivity index (χ0v) is 12.4. The van der Waals surface area contributed by atoms with Crippen LogP contribution in [-0.2, 0) is 11.2 Å². The summed E-state index contributed by atoms with van der Waals surface area (Å²) >= 11 is 5.93. The zero-order chi connectivity index (χ0) is 14.4. The predicted octanol–water partition coefficient (Wildman–Crippen LogP) is 1.41. The molecular formula is C15H21ClN2O2. The average molecular weight is 297 g/mol. The van der Waals surface area contributed by atoms with Crippen molar-refractivity contribution >= 4 is 17.5 Å². The van der Waals surface area contributed by atoms with Crippen molar-refractivity contribution in [1.82, 2.24) is 9.80 Å². The number of hydrogen-bond acceptors (Lipinski definition) is 3. The lowest BCUT2D eigenvalue weighted by atomic mass is 10.1. The predicted molar refractivity (Wildman–Crippen MR) is 79.9 cm³/mol. The van der Waals surface area contributed by atoms with Crippen molar-refractivity contribution < 1.29 is 9.90 Å². The van der Waals surface area contributed by atoms with E-state index in [9.17, 15) is 4.79 Å². The minimum absolute atomic E-state index is 0.183. The van der Waals surface area contributed by atoms with Gasteiger partial charge in [0.15, 0.2) is 0 Å². The van der Waals surface area contributed by atoms with Crippen molar-refractivity contribution in [2.24, 2.45) is 0 Å². The molecule has 0 aliphatic carbocycles. The highest BCUT2D eigenvalue weighted by Gasteiger charge is 2.20. The molecule has 0 bridgehead atoms. The third kappa shape index (κ3) is 4.47. The second kappa shape index (κ2) is 7.62. The second-order valence-corrected chi connectivity index (χ2v) is 5.51. The van der Waals surface area contributed by atoms with Gasteiger partial charge < -0.3 is 10.0 Å². The Balaban J connectivity index is 1.76. The Hall–Kier alpha value is -1.10. The molecule has 110 valence electrons. The number of aryl methyl sites for hydroxylation is 1. The lowest BCUT2D eigenvalue weighted by molar-refractivity contribution is -0.132. The van der Waals surface area contributed by atoms with Crippen LogP contribution in [0.2, 0.25) is 5.02 Å². The van der Waals surface area contributed by atoms with E-state index in [1.807, 2.05) is 29.2 Å². The molecule has 2 rings (SSSR count). The molecule has 1 fully saturated rings. The fourth-order valence-corrected chi connectivity index (χ4v) is 2.68. The van der Waals surface area contributed by atoms with Crippen LogP contribution < -0.4 is 0 Å². The number of halogens is 1. The molecule has 4 nitrogen and oxygen atoms in total. The van der Waals surface area contributed by atoms with Gasteiger partial charge in [-0.1, -0.05) is 23.7 Å². The quantitative estimate of drug-likeness (QED) is 0.893. The summed E-state index contributed by atoms with van der Waals surface area (Å²) in [5, 5.41) is 9.61. The molecule has 0 radical (unpaired) electrons. The van der Waals surface area contributed by atoms with E-state index in [4.69, 9.17) is 16.7 Å². The standard InChI is InChI=1S/C15H21ClN2O2/c16-14-3-1-2-13(12-14)4-5-15(20)18-8-6-17(7-9-18)10-11-19/h1-3,12,19H,4-11H2. The van der Waals surface area contributed by atoms with Gasteiger partial charge in [0.25, 0.3) is 0 Å². The van der Waals surface area contributed by atoms with E-state index in [1.54, 1.807) is 0 Å². The first-order chi connectivity index (χ1) is 9.69. The van der Waals surface area contributed by atoms with Crippen molar-refractivity contribution in [2.75, 3.05) is 39.3 Å². The number of aliphatic hydroxyl groups is 1. The Morgan fingerprint density at radius 1 is 1.25 bits per heavy atom. The fourth-order valence-electron chi connectivity index (χ4n) is 2.46. The van der Waals surface area contributed by atoms with Crippen LogP contribution in [0.25, 0.3) is 0 Å². The van der Waals surface area contributed by atoms with Gasteiger partial charge in [-0.3, -0.25) is 9.69 Å². The Morgan fingerprint density at radius 2 is 2.00 bits per heavy atom. The average Bonchev–Trinajstić information content (AvgIpc) is 2.46. The van der Waals surface area contributed by atoms with E-state index in [2.05, 4.69) is 4.90 Å². The molecule has 0 saturated carbocycles. The number of aliphatic hydroxyl groups excluding tert-OH is 1. The van der Waals surface area contributed by atoms with Crippen molar-refractivity contribution in [3.63, 3.8) is 0 Å².